The molecule has 1 atom stereocenters. The highest BCUT2D eigenvalue weighted by molar-refractivity contribution is 7.99. The van der Waals surface area contributed by atoms with Gasteiger partial charge in [0.25, 0.3) is 0 Å². The van der Waals surface area contributed by atoms with Crippen molar-refractivity contribution in [1.82, 2.24) is 14.8 Å². The van der Waals surface area contributed by atoms with Crippen LogP contribution in [0.4, 0.5) is 5.69 Å². The minimum atomic E-state index is -0.352. The molecule has 0 fully saturated rings. The van der Waals surface area contributed by atoms with Crippen LogP contribution in [0, 0.1) is 0 Å². The van der Waals surface area contributed by atoms with Crippen LogP contribution < -0.4 is 14.8 Å². The van der Waals surface area contributed by atoms with Crippen molar-refractivity contribution in [2.24, 2.45) is 7.05 Å². The fourth-order valence-corrected chi connectivity index (χ4v) is 3.49. The van der Waals surface area contributed by atoms with Crippen LogP contribution in [0.15, 0.2) is 53.7 Å². The van der Waals surface area contributed by atoms with Gasteiger partial charge in [-0.15, -0.1) is 10.2 Å². The molecule has 9 heteroatoms. The Bertz CT molecular complexity index is 978. The van der Waals surface area contributed by atoms with E-state index in [0.29, 0.717) is 27.4 Å². The number of carbonyl (C=O) groups is 1. The van der Waals surface area contributed by atoms with Crippen molar-refractivity contribution in [1.29, 1.82) is 0 Å². The molecule has 0 saturated carbocycles. The van der Waals surface area contributed by atoms with Crippen LogP contribution in [0.1, 0.15) is 18.9 Å². The average molecular weight is 433 g/mol. The molecule has 0 aliphatic rings. The van der Waals surface area contributed by atoms with Crippen LogP contribution in [0.3, 0.4) is 0 Å². The van der Waals surface area contributed by atoms with Gasteiger partial charge < -0.3 is 19.4 Å². The standard InChI is InChI=1S/C20H21ClN4O3S/c1-13(28-17-7-5-4-6-16(17)21)19-23-24-20(25(19)2)29-12-18(26)22-14-8-10-15(27-3)11-9-14/h4-11,13H,12H2,1-3H3,(H,22,26)/t13-/m1/s1. The number of anilines is 1. The summed E-state index contributed by atoms with van der Waals surface area (Å²) in [5.41, 5.74) is 0.705. The highest BCUT2D eigenvalue weighted by atomic mass is 35.5. The minimum Gasteiger partial charge on any atom is -0.497 e. The summed E-state index contributed by atoms with van der Waals surface area (Å²) in [7, 11) is 3.44. The maximum Gasteiger partial charge on any atom is 0.234 e. The lowest BCUT2D eigenvalue weighted by Crippen LogP contribution is -2.14. The number of halogens is 1. The zero-order valence-corrected chi connectivity index (χ0v) is 17.8. The Labute approximate surface area is 178 Å². The van der Waals surface area contributed by atoms with E-state index >= 15 is 0 Å². The largest absolute Gasteiger partial charge is 0.497 e. The number of methoxy groups -OCH3 is 1. The Kier molecular flexibility index (Phi) is 7.00. The van der Waals surface area contributed by atoms with Gasteiger partial charge in [0, 0.05) is 12.7 Å². The van der Waals surface area contributed by atoms with E-state index in [9.17, 15) is 4.79 Å². The number of amides is 1. The summed E-state index contributed by atoms with van der Waals surface area (Å²) in [5, 5.41) is 12.4. The third-order valence-electron chi connectivity index (χ3n) is 4.08. The average Bonchev–Trinajstić information content (AvgIpc) is 3.09. The molecular weight excluding hydrogens is 412 g/mol. The molecular formula is C20H21ClN4O3S. The molecule has 0 saturated heterocycles. The first kappa shape index (κ1) is 21.0. The zero-order chi connectivity index (χ0) is 20.8. The molecule has 0 bridgehead atoms. The fraction of sp³-hybridized carbons (Fsp3) is 0.250. The van der Waals surface area contributed by atoms with Gasteiger partial charge in [-0.3, -0.25) is 4.79 Å². The lowest BCUT2D eigenvalue weighted by Gasteiger charge is -2.15. The van der Waals surface area contributed by atoms with E-state index in [1.165, 1.54) is 11.8 Å². The Morgan fingerprint density at radius 2 is 1.93 bits per heavy atom. The van der Waals surface area contributed by atoms with Crippen LogP contribution in [0.2, 0.25) is 5.02 Å². The first-order chi connectivity index (χ1) is 14.0. The predicted octanol–water partition coefficient (Wildman–Crippen LogP) is 4.35. The lowest BCUT2D eigenvalue weighted by molar-refractivity contribution is -0.113. The van der Waals surface area contributed by atoms with Gasteiger partial charge in [0.15, 0.2) is 17.1 Å². The highest BCUT2D eigenvalue weighted by Gasteiger charge is 2.19. The summed E-state index contributed by atoms with van der Waals surface area (Å²) in [6, 6.07) is 14.4. The predicted molar refractivity (Wildman–Crippen MR) is 114 cm³/mol. The first-order valence-electron chi connectivity index (χ1n) is 8.85. The number of hydrogen-bond acceptors (Lipinski definition) is 6. The maximum absolute atomic E-state index is 12.2. The molecule has 1 heterocycles. The van der Waals surface area contributed by atoms with Crippen LogP contribution >= 0.6 is 23.4 Å². The molecule has 1 aromatic heterocycles. The van der Waals surface area contributed by atoms with E-state index < -0.39 is 0 Å². The molecule has 0 unspecified atom stereocenters. The number of aromatic nitrogens is 3. The summed E-state index contributed by atoms with van der Waals surface area (Å²) in [4.78, 5) is 12.2. The number of nitrogens with zero attached hydrogens (tertiary/aromatic N) is 3. The topological polar surface area (TPSA) is 78.3 Å². The second-order valence-electron chi connectivity index (χ2n) is 6.16. The van der Waals surface area contributed by atoms with Crippen molar-refractivity contribution in [3.05, 3.63) is 59.4 Å². The number of ether oxygens (including phenoxy) is 2. The SMILES string of the molecule is COc1ccc(NC(=O)CSc2nnc([C@@H](C)Oc3ccccc3Cl)n2C)cc1. The van der Waals surface area contributed by atoms with Gasteiger partial charge in [-0.05, 0) is 43.3 Å². The minimum absolute atomic E-state index is 0.134. The second-order valence-corrected chi connectivity index (χ2v) is 7.51. The fourth-order valence-electron chi connectivity index (χ4n) is 2.59. The van der Waals surface area contributed by atoms with E-state index in [2.05, 4.69) is 15.5 Å². The first-order valence-corrected chi connectivity index (χ1v) is 10.2. The molecule has 2 aromatic carbocycles. The summed E-state index contributed by atoms with van der Waals surface area (Å²) in [5.74, 6) is 2.03. The maximum atomic E-state index is 12.2. The number of benzene rings is 2. The zero-order valence-electron chi connectivity index (χ0n) is 16.3. The molecule has 1 amide bonds. The summed E-state index contributed by atoms with van der Waals surface area (Å²) < 4.78 is 12.8. The smallest absolute Gasteiger partial charge is 0.234 e. The van der Waals surface area contributed by atoms with Crippen molar-refractivity contribution < 1.29 is 14.3 Å². The number of hydrogen-bond donors (Lipinski definition) is 1. The van der Waals surface area contributed by atoms with E-state index in [1.54, 1.807) is 43.5 Å². The van der Waals surface area contributed by atoms with Gasteiger partial charge in [-0.1, -0.05) is 35.5 Å². The Hall–Kier alpha value is -2.71. The van der Waals surface area contributed by atoms with Gasteiger partial charge >= 0.3 is 0 Å². The van der Waals surface area contributed by atoms with Crippen molar-refractivity contribution in [3.8, 4) is 11.5 Å². The van der Waals surface area contributed by atoms with Crippen LogP contribution in [0.5, 0.6) is 11.5 Å². The van der Waals surface area contributed by atoms with Crippen LogP contribution in [-0.4, -0.2) is 33.5 Å². The molecule has 1 N–H and O–H groups in total. The number of carbonyl (C=O) groups excluding carboxylic acids is 1. The molecule has 0 spiro atoms. The monoisotopic (exact) mass is 432 g/mol. The normalized spacial score (nSPS) is 11.7. The highest BCUT2D eigenvalue weighted by Crippen LogP contribution is 2.29. The van der Waals surface area contributed by atoms with Crippen LogP contribution in [-0.2, 0) is 11.8 Å². The van der Waals surface area contributed by atoms with Crippen LogP contribution in [0.25, 0.3) is 0 Å². The van der Waals surface area contributed by atoms with Crippen molar-refractivity contribution >= 4 is 35.0 Å². The Morgan fingerprint density at radius 1 is 1.21 bits per heavy atom. The molecule has 3 aromatic rings. The quantitative estimate of drug-likeness (QED) is 0.533. The molecule has 29 heavy (non-hydrogen) atoms. The molecule has 152 valence electrons. The van der Waals surface area contributed by atoms with E-state index in [1.807, 2.05) is 30.7 Å². The Balaban J connectivity index is 1.57. The molecule has 7 nitrogen and oxygen atoms in total. The van der Waals surface area contributed by atoms with Crippen molar-refractivity contribution in [3.63, 3.8) is 0 Å². The van der Waals surface area contributed by atoms with E-state index in [4.69, 9.17) is 21.1 Å². The Morgan fingerprint density at radius 3 is 2.62 bits per heavy atom. The summed E-state index contributed by atoms with van der Waals surface area (Å²) >= 11 is 7.45. The number of nitrogens with one attached hydrogen (secondary N) is 1. The summed E-state index contributed by atoms with van der Waals surface area (Å²) in [6.45, 7) is 1.87. The van der Waals surface area contributed by atoms with Gasteiger partial charge in [0.2, 0.25) is 5.91 Å². The molecule has 0 aliphatic carbocycles. The van der Waals surface area contributed by atoms with Gasteiger partial charge in [0.1, 0.15) is 11.5 Å². The number of para-hydroxylation sites is 1. The lowest BCUT2D eigenvalue weighted by atomic mass is 10.3. The van der Waals surface area contributed by atoms with Crippen molar-refractivity contribution in [2.75, 3.05) is 18.2 Å². The van der Waals surface area contributed by atoms with Crippen molar-refractivity contribution in [2.45, 2.75) is 18.2 Å². The third kappa shape index (κ3) is 5.42. The van der Waals surface area contributed by atoms with Gasteiger partial charge in [0.05, 0.1) is 17.9 Å². The van der Waals surface area contributed by atoms with E-state index in [-0.39, 0.29) is 17.8 Å². The number of rotatable bonds is 8. The van der Waals surface area contributed by atoms with Gasteiger partial charge in [-0.2, -0.15) is 0 Å². The molecule has 0 radical (unpaired) electrons. The second kappa shape index (κ2) is 9.67. The van der Waals surface area contributed by atoms with Gasteiger partial charge in [-0.25, -0.2) is 0 Å². The molecule has 0 aliphatic heterocycles. The molecule has 3 rings (SSSR count). The number of thioether (sulfide) groups is 1. The summed E-state index contributed by atoms with van der Waals surface area (Å²) in [6.07, 6.45) is -0.352. The third-order valence-corrected chi connectivity index (χ3v) is 5.41. The van der Waals surface area contributed by atoms with E-state index in [0.717, 1.165) is 5.75 Å².